The predicted molar refractivity (Wildman–Crippen MR) is 70.6 cm³/mol. The summed E-state index contributed by atoms with van der Waals surface area (Å²) in [5, 5.41) is 8.63. The first-order valence-electron chi connectivity index (χ1n) is 4.84. The Morgan fingerprint density at radius 3 is 1.69 bits per heavy atom. The summed E-state index contributed by atoms with van der Waals surface area (Å²) in [5.74, 6) is 0.322. The summed E-state index contributed by atoms with van der Waals surface area (Å²) in [6, 6.07) is 8.71. The Kier molecular flexibility index (Phi) is 16.3. The van der Waals surface area contributed by atoms with Crippen molar-refractivity contribution in [3.05, 3.63) is 68.8 Å². The van der Waals surface area contributed by atoms with Gasteiger partial charge in [-0.15, -0.1) is 26.3 Å². The Morgan fingerprint density at radius 1 is 1.00 bits per heavy atom. The summed E-state index contributed by atoms with van der Waals surface area (Å²) in [7, 11) is 0. The van der Waals surface area contributed by atoms with Crippen molar-refractivity contribution < 1.29 is 9.84 Å². The topological polar surface area (TPSA) is 29.5 Å². The van der Waals surface area contributed by atoms with Crippen molar-refractivity contribution >= 4 is 0 Å². The summed E-state index contributed by atoms with van der Waals surface area (Å²) in [6.07, 6.45) is 3.42. The van der Waals surface area contributed by atoms with Gasteiger partial charge in [0, 0.05) is 0 Å². The van der Waals surface area contributed by atoms with E-state index in [-0.39, 0.29) is 0 Å². The van der Waals surface area contributed by atoms with Crippen molar-refractivity contribution in [2.75, 3.05) is 13.2 Å². The van der Waals surface area contributed by atoms with Crippen LogP contribution >= 0.6 is 0 Å². The first kappa shape index (κ1) is 16.6. The maximum absolute atomic E-state index is 8.63. The maximum atomic E-state index is 8.63. The number of aromatic hydroxyl groups is 1. The maximum Gasteiger partial charge on any atom is 0.115 e. The minimum atomic E-state index is 0.322. The van der Waals surface area contributed by atoms with E-state index in [1.807, 2.05) is 6.07 Å². The molecule has 1 aromatic carbocycles. The second-order valence-corrected chi connectivity index (χ2v) is 2.45. The molecule has 0 aromatic heterocycles. The number of ether oxygens (including phenoxy) is 1. The lowest BCUT2D eigenvalue weighted by atomic mass is 10.3. The zero-order valence-electron chi connectivity index (χ0n) is 9.64. The van der Waals surface area contributed by atoms with Crippen LogP contribution in [0.15, 0.2) is 68.8 Å². The third-order valence-corrected chi connectivity index (χ3v) is 1.23. The van der Waals surface area contributed by atoms with Crippen LogP contribution in [0.3, 0.4) is 0 Å². The number of para-hydroxylation sites is 1. The van der Waals surface area contributed by atoms with Gasteiger partial charge in [-0.05, 0) is 12.1 Å². The minimum absolute atomic E-state index is 0.322. The molecule has 0 aliphatic rings. The van der Waals surface area contributed by atoms with Crippen LogP contribution in [-0.2, 0) is 4.74 Å². The van der Waals surface area contributed by atoms with Crippen LogP contribution in [-0.4, -0.2) is 18.3 Å². The van der Waals surface area contributed by atoms with Gasteiger partial charge in [-0.2, -0.15) is 0 Å². The van der Waals surface area contributed by atoms with Crippen LogP contribution in [0.25, 0.3) is 0 Å². The van der Waals surface area contributed by atoms with E-state index in [0.29, 0.717) is 19.0 Å². The Hall–Kier alpha value is -1.80. The number of rotatable bonds is 4. The normalized spacial score (nSPS) is 7.50. The van der Waals surface area contributed by atoms with E-state index in [2.05, 4.69) is 26.3 Å². The standard InChI is InChI=1S/C6H6O.C6H10O.C2H4/c7-6-4-2-1-3-5-6;1-3-5-7-6-4-2;1-2/h1-5,7H;3-4H,1-2,5-6H2;1-2H2. The quantitative estimate of drug-likeness (QED) is 0.621. The molecule has 0 heterocycles. The monoisotopic (exact) mass is 220 g/mol. The van der Waals surface area contributed by atoms with Crippen molar-refractivity contribution in [2.24, 2.45) is 0 Å². The Labute approximate surface area is 98.2 Å². The zero-order chi connectivity index (χ0) is 12.6. The second kappa shape index (κ2) is 15.7. The SMILES string of the molecule is C=C.C=CCOCC=C.Oc1ccccc1. The van der Waals surface area contributed by atoms with E-state index in [1.165, 1.54) is 0 Å². The molecule has 2 nitrogen and oxygen atoms in total. The van der Waals surface area contributed by atoms with Crippen LogP contribution in [0.1, 0.15) is 0 Å². The molecule has 1 aromatic rings. The summed E-state index contributed by atoms with van der Waals surface area (Å²) in [4.78, 5) is 0. The highest BCUT2D eigenvalue weighted by molar-refractivity contribution is 5.18. The molecule has 16 heavy (non-hydrogen) atoms. The second-order valence-electron chi connectivity index (χ2n) is 2.45. The highest BCUT2D eigenvalue weighted by Gasteiger charge is 1.74. The summed E-state index contributed by atoms with van der Waals surface area (Å²) < 4.78 is 4.90. The van der Waals surface area contributed by atoms with Crippen LogP contribution in [0.4, 0.5) is 0 Å². The molecule has 0 aliphatic carbocycles. The predicted octanol–water partition coefficient (Wildman–Crippen LogP) is 3.57. The lowest BCUT2D eigenvalue weighted by Gasteiger charge is -1.89. The van der Waals surface area contributed by atoms with Gasteiger partial charge in [-0.1, -0.05) is 30.4 Å². The molecule has 0 radical (unpaired) electrons. The fourth-order valence-electron chi connectivity index (χ4n) is 0.663. The highest BCUT2D eigenvalue weighted by atomic mass is 16.5. The van der Waals surface area contributed by atoms with Crippen molar-refractivity contribution in [1.82, 2.24) is 0 Å². The molecule has 1 rings (SSSR count). The number of phenols is 1. The molecular formula is C14H20O2. The summed E-state index contributed by atoms with van der Waals surface area (Å²) in [6.45, 7) is 14.2. The van der Waals surface area contributed by atoms with Crippen LogP contribution in [0.2, 0.25) is 0 Å². The van der Waals surface area contributed by atoms with Gasteiger partial charge in [0.15, 0.2) is 0 Å². The van der Waals surface area contributed by atoms with Gasteiger partial charge in [-0.3, -0.25) is 0 Å². The molecule has 1 N–H and O–H groups in total. The van der Waals surface area contributed by atoms with E-state index in [4.69, 9.17) is 9.84 Å². The van der Waals surface area contributed by atoms with Gasteiger partial charge >= 0.3 is 0 Å². The number of hydrogen-bond acceptors (Lipinski definition) is 2. The Balaban J connectivity index is 0. The molecule has 0 amide bonds. The zero-order valence-corrected chi connectivity index (χ0v) is 9.64. The van der Waals surface area contributed by atoms with Gasteiger partial charge in [0.1, 0.15) is 5.75 Å². The number of hydrogen-bond donors (Lipinski definition) is 1. The Bertz CT molecular complexity index is 247. The summed E-state index contributed by atoms with van der Waals surface area (Å²) in [5.41, 5.74) is 0. The molecule has 0 spiro atoms. The third-order valence-electron chi connectivity index (χ3n) is 1.23. The number of benzene rings is 1. The summed E-state index contributed by atoms with van der Waals surface area (Å²) >= 11 is 0. The minimum Gasteiger partial charge on any atom is -0.508 e. The van der Waals surface area contributed by atoms with Crippen molar-refractivity contribution in [3.8, 4) is 5.75 Å². The first-order valence-corrected chi connectivity index (χ1v) is 4.84. The van der Waals surface area contributed by atoms with Crippen LogP contribution in [0.5, 0.6) is 5.75 Å². The molecule has 0 unspecified atom stereocenters. The van der Waals surface area contributed by atoms with Crippen LogP contribution < -0.4 is 0 Å². The highest BCUT2D eigenvalue weighted by Crippen LogP contribution is 2.02. The van der Waals surface area contributed by atoms with Crippen LogP contribution in [0, 0.1) is 0 Å². The smallest absolute Gasteiger partial charge is 0.115 e. The van der Waals surface area contributed by atoms with E-state index >= 15 is 0 Å². The van der Waals surface area contributed by atoms with Gasteiger partial charge in [0.2, 0.25) is 0 Å². The van der Waals surface area contributed by atoms with Crippen molar-refractivity contribution in [2.45, 2.75) is 0 Å². The molecule has 0 saturated heterocycles. The molecular weight excluding hydrogens is 200 g/mol. The van der Waals surface area contributed by atoms with Gasteiger partial charge in [0.25, 0.3) is 0 Å². The third kappa shape index (κ3) is 14.7. The van der Waals surface area contributed by atoms with Crippen molar-refractivity contribution in [1.29, 1.82) is 0 Å². The largest absolute Gasteiger partial charge is 0.508 e. The first-order chi connectivity index (χ1) is 7.81. The average molecular weight is 220 g/mol. The van der Waals surface area contributed by atoms with Crippen molar-refractivity contribution in [3.63, 3.8) is 0 Å². The lowest BCUT2D eigenvalue weighted by Crippen LogP contribution is -1.87. The molecule has 2 heteroatoms. The molecule has 0 aliphatic heterocycles. The molecule has 0 atom stereocenters. The Morgan fingerprint density at radius 2 is 1.44 bits per heavy atom. The molecule has 0 bridgehead atoms. The molecule has 0 fully saturated rings. The van der Waals surface area contributed by atoms with E-state index < -0.39 is 0 Å². The lowest BCUT2D eigenvalue weighted by molar-refractivity contribution is 0.194. The molecule has 88 valence electrons. The fraction of sp³-hybridized carbons (Fsp3) is 0.143. The van der Waals surface area contributed by atoms with E-state index in [0.717, 1.165) is 0 Å². The fourth-order valence-corrected chi connectivity index (χ4v) is 0.663. The van der Waals surface area contributed by atoms with Gasteiger partial charge < -0.3 is 9.84 Å². The van der Waals surface area contributed by atoms with E-state index in [1.54, 1.807) is 36.4 Å². The van der Waals surface area contributed by atoms with Gasteiger partial charge in [0.05, 0.1) is 13.2 Å². The van der Waals surface area contributed by atoms with Gasteiger partial charge in [-0.25, -0.2) is 0 Å². The molecule has 0 saturated carbocycles. The number of phenolic OH excluding ortho intramolecular Hbond substituents is 1. The van der Waals surface area contributed by atoms with E-state index in [9.17, 15) is 0 Å². The average Bonchev–Trinajstić information content (AvgIpc) is 2.34.